The first-order chi connectivity index (χ1) is 12.5. The van der Waals surface area contributed by atoms with Crippen LogP contribution in [0.3, 0.4) is 0 Å². The number of aryl methyl sites for hydroxylation is 1. The van der Waals surface area contributed by atoms with Gasteiger partial charge in [0.15, 0.2) is 0 Å². The number of imide groups is 1. The Balaban J connectivity index is 1.85. The Morgan fingerprint density at radius 1 is 1.27 bits per heavy atom. The smallest absolute Gasteiger partial charge is 0.234 e. The summed E-state index contributed by atoms with van der Waals surface area (Å²) in [5.74, 6) is 0.237. The number of fused-ring (bicyclic) bond motifs is 1. The lowest BCUT2D eigenvalue weighted by molar-refractivity contribution is -0.125. The van der Waals surface area contributed by atoms with Gasteiger partial charge in [0.25, 0.3) is 0 Å². The maximum Gasteiger partial charge on any atom is 0.234 e. The molecule has 2 aromatic carbocycles. The molecular formula is C20H21BrN2O3. The van der Waals surface area contributed by atoms with E-state index in [2.05, 4.69) is 21.2 Å². The van der Waals surface area contributed by atoms with Crippen LogP contribution in [0.4, 0.5) is 11.4 Å². The molecule has 0 spiro atoms. The van der Waals surface area contributed by atoms with Crippen molar-refractivity contribution in [1.82, 2.24) is 0 Å². The lowest BCUT2D eigenvalue weighted by Gasteiger charge is -2.23. The zero-order valence-electron chi connectivity index (χ0n) is 14.8. The number of hydrogen-bond donors (Lipinski definition) is 1. The summed E-state index contributed by atoms with van der Waals surface area (Å²) in [5.41, 5.74) is 3.54. The molecular weight excluding hydrogens is 396 g/mol. The minimum Gasteiger partial charge on any atom is -0.496 e. The zero-order valence-corrected chi connectivity index (χ0v) is 16.4. The van der Waals surface area contributed by atoms with Crippen molar-refractivity contribution in [2.75, 3.05) is 23.9 Å². The lowest BCUT2D eigenvalue weighted by atomic mass is 10.1. The lowest BCUT2D eigenvalue weighted by Crippen LogP contribution is -2.35. The highest BCUT2D eigenvalue weighted by Crippen LogP contribution is 2.37. The SMILES string of the molecule is COc1ccccc1CCC(=O)N(C(C)=O)c1cc(Br)cc2c1NCC2. The van der Waals surface area contributed by atoms with Crippen molar-refractivity contribution >= 4 is 39.1 Å². The van der Waals surface area contributed by atoms with Crippen molar-refractivity contribution in [2.24, 2.45) is 0 Å². The second-order valence-electron chi connectivity index (χ2n) is 6.20. The summed E-state index contributed by atoms with van der Waals surface area (Å²) in [5, 5.41) is 3.29. The first-order valence-electron chi connectivity index (χ1n) is 8.53. The summed E-state index contributed by atoms with van der Waals surface area (Å²) >= 11 is 3.48. The number of nitrogens with zero attached hydrogens (tertiary/aromatic N) is 1. The number of ether oxygens (including phenoxy) is 1. The Bertz CT molecular complexity index is 851. The van der Waals surface area contributed by atoms with Crippen molar-refractivity contribution in [1.29, 1.82) is 0 Å². The molecule has 0 radical (unpaired) electrons. The molecule has 0 aliphatic carbocycles. The number of amides is 2. The minimum atomic E-state index is -0.288. The van der Waals surface area contributed by atoms with Gasteiger partial charge in [0.05, 0.1) is 18.5 Å². The van der Waals surface area contributed by atoms with Crippen LogP contribution in [0.1, 0.15) is 24.5 Å². The number of anilines is 2. The summed E-state index contributed by atoms with van der Waals surface area (Å²) in [4.78, 5) is 26.4. The minimum absolute atomic E-state index is 0.223. The van der Waals surface area contributed by atoms with E-state index in [1.54, 1.807) is 7.11 Å². The van der Waals surface area contributed by atoms with Gasteiger partial charge in [-0.2, -0.15) is 0 Å². The van der Waals surface area contributed by atoms with Gasteiger partial charge in [-0.05, 0) is 42.2 Å². The molecule has 2 amide bonds. The number of halogens is 1. The Kier molecular flexibility index (Phi) is 5.61. The zero-order chi connectivity index (χ0) is 18.7. The number of rotatable bonds is 5. The van der Waals surface area contributed by atoms with E-state index in [1.165, 1.54) is 11.8 Å². The van der Waals surface area contributed by atoms with E-state index in [0.29, 0.717) is 12.1 Å². The van der Waals surface area contributed by atoms with Gasteiger partial charge in [-0.3, -0.25) is 9.59 Å². The van der Waals surface area contributed by atoms with E-state index in [9.17, 15) is 9.59 Å². The number of nitrogens with one attached hydrogen (secondary N) is 1. The predicted molar refractivity (Wildman–Crippen MR) is 106 cm³/mol. The molecule has 0 aromatic heterocycles. The molecule has 0 saturated heterocycles. The number of hydrogen-bond acceptors (Lipinski definition) is 4. The van der Waals surface area contributed by atoms with Gasteiger partial charge in [-0.1, -0.05) is 34.1 Å². The predicted octanol–water partition coefficient (Wildman–Crippen LogP) is 3.94. The second-order valence-corrected chi connectivity index (χ2v) is 7.11. The second kappa shape index (κ2) is 7.91. The molecule has 0 unspecified atom stereocenters. The topological polar surface area (TPSA) is 58.6 Å². The highest BCUT2D eigenvalue weighted by Gasteiger charge is 2.26. The van der Waals surface area contributed by atoms with Gasteiger partial charge in [-0.15, -0.1) is 0 Å². The fraction of sp³-hybridized carbons (Fsp3) is 0.300. The average molecular weight is 417 g/mol. The third-order valence-corrected chi connectivity index (χ3v) is 4.92. The van der Waals surface area contributed by atoms with Crippen molar-refractivity contribution in [3.63, 3.8) is 0 Å². The van der Waals surface area contributed by atoms with Crippen molar-refractivity contribution < 1.29 is 14.3 Å². The summed E-state index contributed by atoms with van der Waals surface area (Å²) < 4.78 is 6.20. The van der Waals surface area contributed by atoms with Crippen LogP contribution in [-0.2, 0) is 22.4 Å². The molecule has 26 heavy (non-hydrogen) atoms. The van der Waals surface area contributed by atoms with Crippen molar-refractivity contribution in [2.45, 2.75) is 26.2 Å². The van der Waals surface area contributed by atoms with Gasteiger partial charge in [0.1, 0.15) is 5.75 Å². The number of benzene rings is 2. The van der Waals surface area contributed by atoms with Crippen LogP contribution in [0.15, 0.2) is 40.9 Å². The van der Waals surface area contributed by atoms with Crippen LogP contribution in [0.5, 0.6) is 5.75 Å². The van der Waals surface area contributed by atoms with E-state index in [0.717, 1.165) is 40.0 Å². The van der Waals surface area contributed by atoms with Crippen LogP contribution in [0.25, 0.3) is 0 Å². The molecule has 5 nitrogen and oxygen atoms in total. The standard InChI is InChI=1S/C20H21BrN2O3/c1-13(24)23(17-12-16(21)11-15-9-10-22-20(15)17)19(25)8-7-14-5-3-4-6-18(14)26-2/h3-6,11-12,22H,7-10H2,1-2H3. The molecule has 0 bridgehead atoms. The maximum absolute atomic E-state index is 12.9. The van der Waals surface area contributed by atoms with Crippen LogP contribution in [-0.4, -0.2) is 25.5 Å². The van der Waals surface area contributed by atoms with E-state index in [-0.39, 0.29) is 18.2 Å². The normalized spacial score (nSPS) is 12.3. The maximum atomic E-state index is 12.9. The van der Waals surface area contributed by atoms with E-state index in [1.807, 2.05) is 36.4 Å². The van der Waals surface area contributed by atoms with Gasteiger partial charge in [0, 0.05) is 24.4 Å². The molecule has 1 aliphatic heterocycles. The highest BCUT2D eigenvalue weighted by atomic mass is 79.9. The third-order valence-electron chi connectivity index (χ3n) is 4.47. The fourth-order valence-electron chi connectivity index (χ4n) is 3.29. The average Bonchev–Trinajstić information content (AvgIpc) is 3.08. The van der Waals surface area contributed by atoms with Crippen LogP contribution in [0, 0.1) is 0 Å². The largest absolute Gasteiger partial charge is 0.496 e. The number of methoxy groups -OCH3 is 1. The van der Waals surface area contributed by atoms with Gasteiger partial charge >= 0.3 is 0 Å². The molecule has 0 atom stereocenters. The van der Waals surface area contributed by atoms with Crippen LogP contribution in [0.2, 0.25) is 0 Å². The van der Waals surface area contributed by atoms with Crippen LogP contribution < -0.4 is 15.0 Å². The van der Waals surface area contributed by atoms with Crippen molar-refractivity contribution in [3.05, 3.63) is 52.0 Å². The molecule has 1 aliphatic rings. The molecule has 136 valence electrons. The number of para-hydroxylation sites is 1. The first kappa shape index (κ1) is 18.5. The Morgan fingerprint density at radius 2 is 2.04 bits per heavy atom. The first-order valence-corrected chi connectivity index (χ1v) is 9.32. The summed E-state index contributed by atoms with van der Waals surface area (Å²) in [6.07, 6.45) is 1.61. The van der Waals surface area contributed by atoms with E-state index >= 15 is 0 Å². The monoisotopic (exact) mass is 416 g/mol. The Hall–Kier alpha value is -2.34. The van der Waals surface area contributed by atoms with Gasteiger partial charge < -0.3 is 10.1 Å². The fourth-order valence-corrected chi connectivity index (χ4v) is 3.78. The summed E-state index contributed by atoms with van der Waals surface area (Å²) in [6.45, 7) is 2.23. The third kappa shape index (κ3) is 3.75. The summed E-state index contributed by atoms with van der Waals surface area (Å²) in [7, 11) is 1.61. The molecule has 3 rings (SSSR count). The van der Waals surface area contributed by atoms with Gasteiger partial charge in [-0.25, -0.2) is 4.90 Å². The Labute approximate surface area is 161 Å². The van der Waals surface area contributed by atoms with Crippen LogP contribution >= 0.6 is 15.9 Å². The molecule has 0 fully saturated rings. The van der Waals surface area contributed by atoms with Crippen molar-refractivity contribution in [3.8, 4) is 5.75 Å². The molecule has 2 aromatic rings. The molecule has 1 heterocycles. The number of carbonyl (C=O) groups excluding carboxylic acids is 2. The molecule has 0 saturated carbocycles. The van der Waals surface area contributed by atoms with Gasteiger partial charge in [0.2, 0.25) is 11.8 Å². The van der Waals surface area contributed by atoms with E-state index < -0.39 is 0 Å². The van der Waals surface area contributed by atoms with E-state index in [4.69, 9.17) is 4.74 Å². The molecule has 1 N–H and O–H groups in total. The summed E-state index contributed by atoms with van der Waals surface area (Å²) in [6, 6.07) is 11.4. The Morgan fingerprint density at radius 3 is 2.77 bits per heavy atom. The number of carbonyl (C=O) groups is 2. The molecule has 6 heteroatoms. The highest BCUT2D eigenvalue weighted by molar-refractivity contribution is 9.10. The quantitative estimate of drug-likeness (QED) is 0.801.